The van der Waals surface area contributed by atoms with Crippen LogP contribution in [-0.2, 0) is 10.0 Å². The zero-order valence-corrected chi connectivity index (χ0v) is 13.7. The van der Waals surface area contributed by atoms with E-state index in [9.17, 15) is 18.5 Å². The monoisotopic (exact) mass is 334 g/mol. The number of anilines is 1. The molecule has 2 rings (SSSR count). The molecule has 0 aliphatic rings. The molecule has 0 fully saturated rings. The minimum Gasteiger partial charge on any atom is -0.279 e. The highest BCUT2D eigenvalue weighted by Crippen LogP contribution is 2.28. The molecule has 2 aromatic carbocycles. The van der Waals surface area contributed by atoms with Crippen LogP contribution in [0.15, 0.2) is 53.4 Å². The fraction of sp³-hybridized carbons (Fsp3) is 0.250. The van der Waals surface area contributed by atoms with E-state index in [1.807, 2.05) is 26.0 Å². The Kier molecular flexibility index (Phi) is 5.00. The van der Waals surface area contributed by atoms with Gasteiger partial charge < -0.3 is 0 Å². The lowest BCUT2D eigenvalue weighted by Crippen LogP contribution is -2.15. The van der Waals surface area contributed by atoms with E-state index in [-0.39, 0.29) is 16.5 Å². The van der Waals surface area contributed by atoms with E-state index < -0.39 is 14.9 Å². The lowest BCUT2D eigenvalue weighted by Gasteiger charge is -2.16. The molecule has 0 heterocycles. The van der Waals surface area contributed by atoms with Gasteiger partial charge in [-0.15, -0.1) is 0 Å². The Balaban J connectivity index is 2.40. The summed E-state index contributed by atoms with van der Waals surface area (Å²) >= 11 is 0. The van der Waals surface area contributed by atoms with Crippen LogP contribution in [0.5, 0.6) is 0 Å². The van der Waals surface area contributed by atoms with Gasteiger partial charge in [0, 0.05) is 12.1 Å². The average Bonchev–Trinajstić information content (AvgIpc) is 2.54. The zero-order valence-electron chi connectivity index (χ0n) is 12.9. The van der Waals surface area contributed by atoms with Crippen molar-refractivity contribution in [1.29, 1.82) is 0 Å². The highest BCUT2D eigenvalue weighted by molar-refractivity contribution is 7.92. The molecule has 0 saturated heterocycles. The van der Waals surface area contributed by atoms with Gasteiger partial charge in [-0.3, -0.25) is 14.8 Å². The molecule has 0 aliphatic carbocycles. The predicted octanol–water partition coefficient (Wildman–Crippen LogP) is 3.91. The van der Waals surface area contributed by atoms with Crippen molar-refractivity contribution in [1.82, 2.24) is 0 Å². The first kappa shape index (κ1) is 17.0. The highest BCUT2D eigenvalue weighted by atomic mass is 32.2. The van der Waals surface area contributed by atoms with Gasteiger partial charge in [-0.2, -0.15) is 0 Å². The second-order valence-corrected chi connectivity index (χ2v) is 6.94. The average molecular weight is 334 g/mol. The number of nitrogens with one attached hydrogen (secondary N) is 1. The minimum atomic E-state index is -3.89. The molecule has 122 valence electrons. The molecule has 23 heavy (non-hydrogen) atoms. The number of hydrogen-bond donors (Lipinski definition) is 1. The Morgan fingerprint density at radius 1 is 1.17 bits per heavy atom. The Morgan fingerprint density at radius 2 is 1.87 bits per heavy atom. The summed E-state index contributed by atoms with van der Waals surface area (Å²) in [4.78, 5) is 10.1. The number of non-ortho nitro benzene ring substituents is 1. The fourth-order valence-corrected chi connectivity index (χ4v) is 3.33. The summed E-state index contributed by atoms with van der Waals surface area (Å²) in [7, 11) is -3.89. The van der Waals surface area contributed by atoms with E-state index >= 15 is 0 Å². The van der Waals surface area contributed by atoms with Gasteiger partial charge in [0.15, 0.2) is 0 Å². The van der Waals surface area contributed by atoms with Crippen molar-refractivity contribution in [2.75, 3.05) is 4.72 Å². The molecular weight excluding hydrogens is 316 g/mol. The topological polar surface area (TPSA) is 89.3 Å². The number of hydrogen-bond acceptors (Lipinski definition) is 4. The number of para-hydroxylation sites is 1. The number of sulfonamides is 1. The summed E-state index contributed by atoms with van der Waals surface area (Å²) in [6.07, 6.45) is 0.871. The molecule has 0 amide bonds. The summed E-state index contributed by atoms with van der Waals surface area (Å²) in [5.41, 5.74) is 1.13. The third-order valence-electron chi connectivity index (χ3n) is 3.69. The predicted molar refractivity (Wildman–Crippen MR) is 89.1 cm³/mol. The SMILES string of the molecule is CCC(C)c1ccccc1NS(=O)(=O)c1cccc([N+](=O)[O-])c1. The van der Waals surface area contributed by atoms with Crippen LogP contribution < -0.4 is 4.72 Å². The van der Waals surface area contributed by atoms with E-state index in [0.717, 1.165) is 18.1 Å². The van der Waals surface area contributed by atoms with Crippen LogP contribution in [0.3, 0.4) is 0 Å². The van der Waals surface area contributed by atoms with Gasteiger partial charge in [0.1, 0.15) is 0 Å². The quantitative estimate of drug-likeness (QED) is 0.640. The summed E-state index contributed by atoms with van der Waals surface area (Å²) in [5.74, 6) is 0.194. The smallest absolute Gasteiger partial charge is 0.270 e. The first-order valence-corrected chi connectivity index (χ1v) is 8.69. The summed E-state index contributed by atoms with van der Waals surface area (Å²) in [6.45, 7) is 4.04. The molecule has 6 nitrogen and oxygen atoms in total. The van der Waals surface area contributed by atoms with Crippen LogP contribution in [0.25, 0.3) is 0 Å². The molecule has 0 radical (unpaired) electrons. The van der Waals surface area contributed by atoms with Crippen molar-refractivity contribution < 1.29 is 13.3 Å². The highest BCUT2D eigenvalue weighted by Gasteiger charge is 2.19. The Morgan fingerprint density at radius 3 is 2.52 bits per heavy atom. The van der Waals surface area contributed by atoms with E-state index in [4.69, 9.17) is 0 Å². The van der Waals surface area contributed by atoms with Gasteiger partial charge in [-0.25, -0.2) is 8.42 Å². The van der Waals surface area contributed by atoms with Crippen molar-refractivity contribution in [2.45, 2.75) is 31.1 Å². The maximum Gasteiger partial charge on any atom is 0.270 e. The van der Waals surface area contributed by atoms with Gasteiger partial charge >= 0.3 is 0 Å². The lowest BCUT2D eigenvalue weighted by molar-refractivity contribution is -0.385. The third-order valence-corrected chi connectivity index (χ3v) is 5.05. The maximum atomic E-state index is 12.5. The third kappa shape index (κ3) is 3.87. The maximum absolute atomic E-state index is 12.5. The second-order valence-electron chi connectivity index (χ2n) is 5.26. The molecular formula is C16H18N2O4S. The van der Waals surface area contributed by atoms with Crippen LogP contribution in [-0.4, -0.2) is 13.3 Å². The minimum absolute atomic E-state index is 0.134. The van der Waals surface area contributed by atoms with Crippen molar-refractivity contribution in [2.24, 2.45) is 0 Å². The number of benzene rings is 2. The molecule has 0 bridgehead atoms. The number of nitro groups is 1. The molecule has 1 atom stereocenters. The largest absolute Gasteiger partial charge is 0.279 e. The van der Waals surface area contributed by atoms with Crippen LogP contribution in [0, 0.1) is 10.1 Å². The molecule has 7 heteroatoms. The molecule has 1 N–H and O–H groups in total. The molecule has 0 aliphatic heterocycles. The van der Waals surface area contributed by atoms with Crippen molar-refractivity contribution in [3.05, 3.63) is 64.2 Å². The van der Waals surface area contributed by atoms with E-state index in [1.165, 1.54) is 18.2 Å². The molecule has 2 aromatic rings. The Labute approximate surface area is 135 Å². The lowest BCUT2D eigenvalue weighted by atomic mass is 9.97. The Hall–Kier alpha value is -2.41. The van der Waals surface area contributed by atoms with Crippen molar-refractivity contribution in [3.8, 4) is 0 Å². The standard InChI is InChI=1S/C16H18N2O4S/c1-3-12(2)15-9-4-5-10-16(15)17-23(21,22)14-8-6-7-13(11-14)18(19)20/h4-12,17H,3H2,1-2H3. The zero-order chi connectivity index (χ0) is 17.0. The summed E-state index contributed by atoms with van der Waals surface area (Å²) in [6, 6.07) is 12.2. The van der Waals surface area contributed by atoms with E-state index in [1.54, 1.807) is 12.1 Å². The summed E-state index contributed by atoms with van der Waals surface area (Å²) in [5, 5.41) is 10.8. The van der Waals surface area contributed by atoms with Crippen LogP contribution in [0.1, 0.15) is 31.7 Å². The second kappa shape index (κ2) is 6.78. The molecule has 0 spiro atoms. The number of nitrogens with zero attached hydrogens (tertiary/aromatic N) is 1. The molecule has 1 unspecified atom stereocenters. The fourth-order valence-electron chi connectivity index (χ4n) is 2.21. The summed E-state index contributed by atoms with van der Waals surface area (Å²) < 4.78 is 27.5. The van der Waals surface area contributed by atoms with Gasteiger partial charge in [-0.1, -0.05) is 38.1 Å². The van der Waals surface area contributed by atoms with Crippen LogP contribution >= 0.6 is 0 Å². The number of rotatable bonds is 6. The van der Waals surface area contributed by atoms with Gasteiger partial charge in [0.25, 0.3) is 15.7 Å². The molecule has 0 saturated carbocycles. The molecule has 0 aromatic heterocycles. The van der Waals surface area contributed by atoms with Crippen LogP contribution in [0.4, 0.5) is 11.4 Å². The first-order chi connectivity index (χ1) is 10.8. The number of nitro benzene ring substituents is 1. The van der Waals surface area contributed by atoms with Gasteiger partial charge in [0.05, 0.1) is 15.5 Å². The van der Waals surface area contributed by atoms with Gasteiger partial charge in [0.2, 0.25) is 0 Å². The van der Waals surface area contributed by atoms with E-state index in [0.29, 0.717) is 5.69 Å². The first-order valence-electron chi connectivity index (χ1n) is 7.21. The van der Waals surface area contributed by atoms with E-state index in [2.05, 4.69) is 4.72 Å². The van der Waals surface area contributed by atoms with Crippen molar-refractivity contribution >= 4 is 21.4 Å². The van der Waals surface area contributed by atoms with Crippen LogP contribution in [0.2, 0.25) is 0 Å². The van der Waals surface area contributed by atoms with Gasteiger partial charge in [-0.05, 0) is 30.0 Å². The normalized spacial score (nSPS) is 12.6. The Bertz CT molecular complexity index is 818. The van der Waals surface area contributed by atoms with Crippen molar-refractivity contribution in [3.63, 3.8) is 0 Å².